The summed E-state index contributed by atoms with van der Waals surface area (Å²) in [5.74, 6) is 7.50. The van der Waals surface area contributed by atoms with Crippen molar-refractivity contribution >= 4 is 0 Å². The molecule has 0 aromatic rings. The lowest BCUT2D eigenvalue weighted by atomic mass is 9.93. The minimum absolute atomic E-state index is 0.923. The zero-order valence-electron chi connectivity index (χ0n) is 13.1. The van der Waals surface area contributed by atoms with E-state index in [1.54, 1.807) is 0 Å². The van der Waals surface area contributed by atoms with Crippen molar-refractivity contribution in [1.29, 1.82) is 0 Å². The highest BCUT2D eigenvalue weighted by Gasteiger charge is 2.04. The van der Waals surface area contributed by atoms with Gasteiger partial charge < -0.3 is 0 Å². The van der Waals surface area contributed by atoms with Gasteiger partial charge in [0, 0.05) is 12.8 Å². The third-order valence-electron chi connectivity index (χ3n) is 3.72. The fraction of sp³-hybridized carbons (Fsp3) is 0.889. The maximum Gasteiger partial charge on any atom is 0.00913 e. The molecule has 0 nitrogen and oxygen atoms in total. The van der Waals surface area contributed by atoms with Crippen molar-refractivity contribution in [2.75, 3.05) is 0 Å². The summed E-state index contributed by atoms with van der Waals surface area (Å²) in [5.41, 5.74) is 0. The largest absolute Gasteiger partial charge is 0.103 e. The maximum absolute atomic E-state index is 3.32. The third-order valence-corrected chi connectivity index (χ3v) is 3.72. The summed E-state index contributed by atoms with van der Waals surface area (Å²) in [7, 11) is 0. The van der Waals surface area contributed by atoms with Gasteiger partial charge in [0.25, 0.3) is 0 Å². The SMILES string of the molecule is CCCC#CCCC(CC)CCCCCCCC. The van der Waals surface area contributed by atoms with Crippen LogP contribution in [0.15, 0.2) is 0 Å². The molecular formula is C18H34. The average molecular weight is 250 g/mol. The Morgan fingerprint density at radius 2 is 1.33 bits per heavy atom. The average Bonchev–Trinajstić information content (AvgIpc) is 2.40. The van der Waals surface area contributed by atoms with Gasteiger partial charge in [0.05, 0.1) is 0 Å². The summed E-state index contributed by atoms with van der Waals surface area (Å²) in [6.07, 6.45) is 16.0. The molecule has 0 spiro atoms. The molecule has 0 rings (SSSR count). The van der Waals surface area contributed by atoms with Crippen molar-refractivity contribution in [2.24, 2.45) is 5.92 Å². The number of unbranched alkanes of at least 4 members (excludes halogenated alkanes) is 6. The second-order valence-corrected chi connectivity index (χ2v) is 5.47. The van der Waals surface area contributed by atoms with Gasteiger partial charge in [0.15, 0.2) is 0 Å². The van der Waals surface area contributed by atoms with Gasteiger partial charge in [0.1, 0.15) is 0 Å². The Morgan fingerprint density at radius 1 is 0.667 bits per heavy atom. The lowest BCUT2D eigenvalue weighted by Gasteiger charge is -2.12. The second-order valence-electron chi connectivity index (χ2n) is 5.47. The van der Waals surface area contributed by atoms with Crippen molar-refractivity contribution in [3.63, 3.8) is 0 Å². The summed E-state index contributed by atoms with van der Waals surface area (Å²) in [5, 5.41) is 0. The van der Waals surface area contributed by atoms with Crippen LogP contribution in [0.3, 0.4) is 0 Å². The summed E-state index contributed by atoms with van der Waals surface area (Å²) < 4.78 is 0. The van der Waals surface area contributed by atoms with Crippen molar-refractivity contribution in [2.45, 2.75) is 97.8 Å². The summed E-state index contributed by atoms with van der Waals surface area (Å²) in [6, 6.07) is 0. The smallest absolute Gasteiger partial charge is 0.00913 e. The molecule has 0 aliphatic rings. The fourth-order valence-corrected chi connectivity index (χ4v) is 2.34. The van der Waals surface area contributed by atoms with Gasteiger partial charge in [-0.15, -0.1) is 11.8 Å². The first-order valence-electron chi connectivity index (χ1n) is 8.30. The van der Waals surface area contributed by atoms with Gasteiger partial charge in [0.2, 0.25) is 0 Å². The Bertz CT molecular complexity index is 206. The second kappa shape index (κ2) is 14.6. The molecule has 0 saturated carbocycles. The van der Waals surface area contributed by atoms with Gasteiger partial charge in [-0.25, -0.2) is 0 Å². The molecule has 0 saturated heterocycles. The van der Waals surface area contributed by atoms with Crippen molar-refractivity contribution in [1.82, 2.24) is 0 Å². The van der Waals surface area contributed by atoms with Crippen LogP contribution in [0, 0.1) is 17.8 Å². The Balaban J connectivity index is 3.44. The fourth-order valence-electron chi connectivity index (χ4n) is 2.34. The Hall–Kier alpha value is -0.440. The molecule has 0 aromatic heterocycles. The van der Waals surface area contributed by atoms with E-state index in [-0.39, 0.29) is 0 Å². The van der Waals surface area contributed by atoms with Crippen LogP contribution in [-0.2, 0) is 0 Å². The topological polar surface area (TPSA) is 0 Å². The van der Waals surface area contributed by atoms with Crippen LogP contribution in [0.25, 0.3) is 0 Å². The van der Waals surface area contributed by atoms with Crippen LogP contribution < -0.4 is 0 Å². The molecule has 106 valence electrons. The number of hydrogen-bond donors (Lipinski definition) is 0. The Morgan fingerprint density at radius 3 is 2.00 bits per heavy atom. The molecule has 0 aliphatic heterocycles. The number of hydrogen-bond acceptors (Lipinski definition) is 0. The third kappa shape index (κ3) is 12.0. The first-order valence-corrected chi connectivity index (χ1v) is 8.30. The Labute approximate surface area is 116 Å². The molecule has 1 atom stereocenters. The van der Waals surface area contributed by atoms with Gasteiger partial charge in [-0.2, -0.15) is 0 Å². The predicted octanol–water partition coefficient (Wildman–Crippen LogP) is 6.35. The van der Waals surface area contributed by atoms with Crippen molar-refractivity contribution in [3.05, 3.63) is 0 Å². The van der Waals surface area contributed by atoms with E-state index in [4.69, 9.17) is 0 Å². The molecule has 0 radical (unpaired) electrons. The molecule has 0 aliphatic carbocycles. The van der Waals surface area contributed by atoms with E-state index < -0.39 is 0 Å². The zero-order valence-corrected chi connectivity index (χ0v) is 13.1. The standard InChI is InChI=1S/C18H34/c1-4-7-9-11-13-15-17-18(6-3)16-14-12-10-8-5-2/h18H,4-9,11,13-17H2,1-3H3. The molecule has 1 unspecified atom stereocenters. The van der Waals surface area contributed by atoms with Crippen molar-refractivity contribution in [3.8, 4) is 11.8 Å². The Kier molecular flexibility index (Phi) is 14.3. The van der Waals surface area contributed by atoms with E-state index in [1.807, 2.05) is 0 Å². The van der Waals surface area contributed by atoms with Crippen LogP contribution in [-0.4, -0.2) is 0 Å². The highest BCUT2D eigenvalue weighted by molar-refractivity contribution is 4.98. The molecule has 0 heteroatoms. The normalized spacial score (nSPS) is 11.9. The molecule has 0 heterocycles. The molecular weight excluding hydrogens is 216 g/mol. The summed E-state index contributed by atoms with van der Waals surface area (Å²) in [6.45, 7) is 6.82. The maximum atomic E-state index is 3.32. The van der Waals surface area contributed by atoms with Crippen LogP contribution in [0.5, 0.6) is 0 Å². The van der Waals surface area contributed by atoms with Gasteiger partial charge in [-0.05, 0) is 18.8 Å². The number of rotatable bonds is 11. The van der Waals surface area contributed by atoms with Crippen molar-refractivity contribution < 1.29 is 0 Å². The van der Waals surface area contributed by atoms with E-state index in [9.17, 15) is 0 Å². The monoisotopic (exact) mass is 250 g/mol. The van der Waals surface area contributed by atoms with Gasteiger partial charge in [-0.3, -0.25) is 0 Å². The van der Waals surface area contributed by atoms with E-state index in [0.29, 0.717) is 0 Å². The lowest BCUT2D eigenvalue weighted by Crippen LogP contribution is -1.98. The predicted molar refractivity (Wildman–Crippen MR) is 83.7 cm³/mol. The molecule has 18 heavy (non-hydrogen) atoms. The highest BCUT2D eigenvalue weighted by atomic mass is 14.1. The molecule has 0 fully saturated rings. The van der Waals surface area contributed by atoms with Crippen LogP contribution >= 0.6 is 0 Å². The molecule has 0 aromatic carbocycles. The quantitative estimate of drug-likeness (QED) is 0.296. The first-order chi connectivity index (χ1) is 8.85. The van der Waals surface area contributed by atoms with Crippen LogP contribution in [0.2, 0.25) is 0 Å². The summed E-state index contributed by atoms with van der Waals surface area (Å²) in [4.78, 5) is 0. The summed E-state index contributed by atoms with van der Waals surface area (Å²) >= 11 is 0. The zero-order chi connectivity index (χ0) is 13.5. The van der Waals surface area contributed by atoms with Gasteiger partial charge in [-0.1, -0.05) is 72.1 Å². The van der Waals surface area contributed by atoms with Crippen LogP contribution in [0.1, 0.15) is 97.8 Å². The first kappa shape index (κ1) is 17.6. The molecule has 0 bridgehead atoms. The minimum Gasteiger partial charge on any atom is -0.103 e. The van der Waals surface area contributed by atoms with E-state index in [2.05, 4.69) is 32.6 Å². The molecule has 0 N–H and O–H groups in total. The highest BCUT2D eigenvalue weighted by Crippen LogP contribution is 2.19. The van der Waals surface area contributed by atoms with E-state index in [1.165, 1.54) is 64.2 Å². The minimum atomic E-state index is 0.923. The van der Waals surface area contributed by atoms with E-state index in [0.717, 1.165) is 18.8 Å². The van der Waals surface area contributed by atoms with Gasteiger partial charge >= 0.3 is 0 Å². The van der Waals surface area contributed by atoms with Crippen LogP contribution in [0.4, 0.5) is 0 Å². The molecule has 0 amide bonds. The van der Waals surface area contributed by atoms with E-state index >= 15 is 0 Å². The lowest BCUT2D eigenvalue weighted by molar-refractivity contribution is 0.417.